The Morgan fingerprint density at radius 3 is 2.40 bits per heavy atom. The van der Waals surface area contributed by atoms with Crippen LogP contribution < -0.4 is 0 Å². The van der Waals surface area contributed by atoms with Crippen molar-refractivity contribution in [3.8, 4) is 10.4 Å². The molecule has 0 saturated carbocycles. The zero-order valence-electron chi connectivity index (χ0n) is 13.9. The molecular formula is C17H16FNO5S. The van der Waals surface area contributed by atoms with Gasteiger partial charge in [0.15, 0.2) is 0 Å². The van der Waals surface area contributed by atoms with Crippen molar-refractivity contribution in [2.75, 3.05) is 20.8 Å². The van der Waals surface area contributed by atoms with Gasteiger partial charge in [-0.3, -0.25) is 4.79 Å². The summed E-state index contributed by atoms with van der Waals surface area (Å²) in [7, 11) is 2.46. The van der Waals surface area contributed by atoms with Crippen LogP contribution in [0.5, 0.6) is 0 Å². The summed E-state index contributed by atoms with van der Waals surface area (Å²) in [5, 5.41) is 0. The summed E-state index contributed by atoms with van der Waals surface area (Å²) in [6.45, 7) is 1.74. The number of carbonyl (C=O) groups excluding carboxylic acids is 3. The number of amides is 2. The molecule has 132 valence electrons. The molecule has 0 bridgehead atoms. The topological polar surface area (TPSA) is 72.9 Å². The van der Waals surface area contributed by atoms with E-state index in [1.807, 2.05) is 0 Å². The number of rotatable bonds is 4. The number of benzene rings is 1. The Hall–Kier alpha value is -2.74. The third-order valence-electron chi connectivity index (χ3n) is 3.31. The number of methoxy groups -OCH3 is 1. The molecule has 0 N–H and O–H groups in total. The Kier molecular flexibility index (Phi) is 5.87. The molecule has 2 aromatic rings. The number of hydrogen-bond acceptors (Lipinski definition) is 6. The molecule has 2 amide bonds. The lowest BCUT2D eigenvalue weighted by Gasteiger charge is -2.14. The summed E-state index contributed by atoms with van der Waals surface area (Å²) in [4.78, 5) is 37.7. The van der Waals surface area contributed by atoms with Crippen LogP contribution in [0.3, 0.4) is 0 Å². The summed E-state index contributed by atoms with van der Waals surface area (Å²) < 4.78 is 22.6. The van der Waals surface area contributed by atoms with Gasteiger partial charge < -0.3 is 9.47 Å². The number of esters is 1. The molecule has 0 saturated heterocycles. The minimum atomic E-state index is -0.819. The molecule has 0 aliphatic heterocycles. The Bertz CT molecular complexity index is 800. The van der Waals surface area contributed by atoms with Crippen molar-refractivity contribution in [3.63, 3.8) is 0 Å². The molecule has 0 fully saturated rings. The van der Waals surface area contributed by atoms with Gasteiger partial charge in [0, 0.05) is 11.9 Å². The van der Waals surface area contributed by atoms with Crippen molar-refractivity contribution in [1.29, 1.82) is 0 Å². The van der Waals surface area contributed by atoms with Crippen LogP contribution in [-0.4, -0.2) is 43.6 Å². The van der Waals surface area contributed by atoms with Gasteiger partial charge in [0.1, 0.15) is 10.7 Å². The Morgan fingerprint density at radius 2 is 1.84 bits per heavy atom. The van der Waals surface area contributed by atoms with Gasteiger partial charge in [-0.2, -0.15) is 0 Å². The summed E-state index contributed by atoms with van der Waals surface area (Å²) in [5.41, 5.74) is 0.669. The first kappa shape index (κ1) is 18.6. The smallest absolute Gasteiger partial charge is 0.416 e. The molecule has 8 heteroatoms. The van der Waals surface area contributed by atoms with E-state index in [0.29, 0.717) is 10.4 Å². The maximum absolute atomic E-state index is 13.1. The van der Waals surface area contributed by atoms with E-state index in [1.165, 1.54) is 44.5 Å². The molecule has 2 rings (SSSR count). The minimum absolute atomic E-state index is 0.0352. The highest BCUT2D eigenvalue weighted by molar-refractivity contribution is 7.17. The largest absolute Gasteiger partial charge is 0.465 e. The fourth-order valence-corrected chi connectivity index (χ4v) is 3.15. The molecule has 0 radical (unpaired) electrons. The second-order valence-electron chi connectivity index (χ2n) is 4.92. The van der Waals surface area contributed by atoms with E-state index in [4.69, 9.17) is 9.47 Å². The quantitative estimate of drug-likeness (QED) is 0.775. The number of hydrogen-bond donors (Lipinski definition) is 0. The lowest BCUT2D eigenvalue weighted by molar-refractivity contribution is 0.0589. The highest BCUT2D eigenvalue weighted by atomic mass is 32.1. The van der Waals surface area contributed by atoms with Gasteiger partial charge in [-0.1, -0.05) is 12.1 Å². The van der Waals surface area contributed by atoms with Gasteiger partial charge in [0.05, 0.1) is 19.3 Å². The van der Waals surface area contributed by atoms with Crippen LogP contribution in [-0.2, 0) is 9.47 Å². The standard InChI is InChI=1S/C17H16FNO5S/c1-4-24-17(22)19(2)15(20)14-12(16(21)23-3)9-13(25-14)10-5-7-11(18)8-6-10/h5-9H,4H2,1-3H3. The zero-order valence-corrected chi connectivity index (χ0v) is 14.7. The van der Waals surface area contributed by atoms with E-state index < -0.39 is 23.8 Å². The van der Waals surface area contributed by atoms with Crippen LogP contribution in [0.1, 0.15) is 27.0 Å². The van der Waals surface area contributed by atoms with Crippen LogP contribution in [0, 0.1) is 5.82 Å². The van der Waals surface area contributed by atoms with E-state index in [2.05, 4.69) is 0 Å². The summed E-state index contributed by atoms with van der Waals surface area (Å²) >= 11 is 1.01. The number of imide groups is 1. The lowest BCUT2D eigenvalue weighted by atomic mass is 10.1. The van der Waals surface area contributed by atoms with Gasteiger partial charge in [-0.05, 0) is 30.7 Å². The van der Waals surface area contributed by atoms with Gasteiger partial charge in [0.2, 0.25) is 0 Å². The Morgan fingerprint density at radius 1 is 1.20 bits per heavy atom. The minimum Gasteiger partial charge on any atom is -0.465 e. The van der Waals surface area contributed by atoms with Crippen LogP contribution in [0.15, 0.2) is 30.3 Å². The molecule has 6 nitrogen and oxygen atoms in total. The van der Waals surface area contributed by atoms with Gasteiger partial charge >= 0.3 is 12.1 Å². The second kappa shape index (κ2) is 7.89. The monoisotopic (exact) mass is 365 g/mol. The molecular weight excluding hydrogens is 349 g/mol. The molecule has 0 aliphatic carbocycles. The number of halogens is 1. The summed E-state index contributed by atoms with van der Waals surface area (Å²) in [6, 6.07) is 7.10. The Labute approximate surface area is 147 Å². The lowest BCUT2D eigenvalue weighted by Crippen LogP contribution is -2.34. The normalized spacial score (nSPS) is 10.2. The van der Waals surface area contributed by atoms with Crippen molar-refractivity contribution in [3.05, 3.63) is 46.6 Å². The van der Waals surface area contributed by atoms with Crippen LogP contribution in [0.4, 0.5) is 9.18 Å². The third kappa shape index (κ3) is 4.03. The van der Waals surface area contributed by atoms with Crippen molar-refractivity contribution in [1.82, 2.24) is 4.90 Å². The maximum atomic E-state index is 13.1. The predicted octanol–water partition coefficient (Wildman–Crippen LogP) is 3.57. The van der Waals surface area contributed by atoms with E-state index in [-0.39, 0.29) is 17.0 Å². The molecule has 25 heavy (non-hydrogen) atoms. The van der Waals surface area contributed by atoms with Crippen molar-refractivity contribution >= 4 is 29.3 Å². The highest BCUT2D eigenvalue weighted by Crippen LogP contribution is 2.33. The van der Waals surface area contributed by atoms with E-state index in [1.54, 1.807) is 6.92 Å². The van der Waals surface area contributed by atoms with Crippen LogP contribution >= 0.6 is 11.3 Å². The highest BCUT2D eigenvalue weighted by Gasteiger charge is 2.28. The van der Waals surface area contributed by atoms with E-state index in [0.717, 1.165) is 16.2 Å². The zero-order chi connectivity index (χ0) is 18.6. The molecule has 0 aliphatic rings. The first-order valence-electron chi connectivity index (χ1n) is 7.32. The van der Waals surface area contributed by atoms with E-state index in [9.17, 15) is 18.8 Å². The van der Waals surface area contributed by atoms with Crippen LogP contribution in [0.2, 0.25) is 0 Å². The van der Waals surface area contributed by atoms with Gasteiger partial charge in [-0.15, -0.1) is 11.3 Å². The fourth-order valence-electron chi connectivity index (χ4n) is 2.02. The fraction of sp³-hybridized carbons (Fsp3) is 0.235. The van der Waals surface area contributed by atoms with Gasteiger partial charge in [0.25, 0.3) is 5.91 Å². The van der Waals surface area contributed by atoms with Crippen LogP contribution in [0.25, 0.3) is 10.4 Å². The van der Waals surface area contributed by atoms with Crippen molar-refractivity contribution in [2.24, 2.45) is 0 Å². The molecule has 0 atom stereocenters. The first-order chi connectivity index (χ1) is 11.9. The van der Waals surface area contributed by atoms with Crippen molar-refractivity contribution < 1.29 is 28.2 Å². The molecule has 1 heterocycles. The number of ether oxygens (including phenoxy) is 2. The summed E-state index contributed by atoms with van der Waals surface area (Å²) in [5.74, 6) is -1.78. The SMILES string of the molecule is CCOC(=O)N(C)C(=O)c1sc(-c2ccc(F)cc2)cc1C(=O)OC. The number of carbonyl (C=O) groups is 3. The average molecular weight is 365 g/mol. The second-order valence-corrected chi connectivity index (χ2v) is 5.97. The predicted molar refractivity (Wildman–Crippen MR) is 90.2 cm³/mol. The number of nitrogens with zero attached hydrogens (tertiary/aromatic N) is 1. The van der Waals surface area contributed by atoms with Crippen molar-refractivity contribution in [2.45, 2.75) is 6.92 Å². The van der Waals surface area contributed by atoms with E-state index >= 15 is 0 Å². The third-order valence-corrected chi connectivity index (χ3v) is 4.48. The molecule has 0 unspecified atom stereocenters. The molecule has 1 aromatic heterocycles. The number of thiophene rings is 1. The maximum Gasteiger partial charge on any atom is 0.416 e. The molecule has 1 aromatic carbocycles. The Balaban J connectivity index is 2.45. The molecule has 0 spiro atoms. The summed E-state index contributed by atoms with van der Waals surface area (Å²) in [6.07, 6.45) is -0.819. The van der Waals surface area contributed by atoms with Gasteiger partial charge in [-0.25, -0.2) is 18.9 Å². The average Bonchev–Trinajstić information content (AvgIpc) is 3.05. The first-order valence-corrected chi connectivity index (χ1v) is 8.13.